The molecule has 7 heteroatoms. The van der Waals surface area contributed by atoms with Crippen molar-refractivity contribution in [2.24, 2.45) is 0 Å². The highest BCUT2D eigenvalue weighted by molar-refractivity contribution is 7.99. The Bertz CT molecular complexity index is 898. The highest BCUT2D eigenvalue weighted by Crippen LogP contribution is 2.18. The van der Waals surface area contributed by atoms with Gasteiger partial charge in [-0.25, -0.2) is 0 Å². The summed E-state index contributed by atoms with van der Waals surface area (Å²) in [6.45, 7) is 4.19. The van der Waals surface area contributed by atoms with Gasteiger partial charge in [0.15, 0.2) is 5.16 Å². The molecule has 0 aliphatic rings. The van der Waals surface area contributed by atoms with Gasteiger partial charge in [-0.05, 0) is 31.0 Å². The van der Waals surface area contributed by atoms with Crippen LogP contribution in [0, 0.1) is 6.92 Å². The number of hydrogen-bond donors (Lipinski definition) is 1. The van der Waals surface area contributed by atoms with Gasteiger partial charge in [0.2, 0.25) is 5.91 Å². The van der Waals surface area contributed by atoms with Crippen LogP contribution in [0.25, 0.3) is 0 Å². The first-order valence-electron chi connectivity index (χ1n) is 9.73. The number of amides is 1. The number of rotatable bonds is 10. The van der Waals surface area contributed by atoms with E-state index in [1.54, 1.807) is 0 Å². The van der Waals surface area contributed by atoms with E-state index >= 15 is 0 Å². The lowest BCUT2D eigenvalue weighted by atomic mass is 10.2. The quantitative estimate of drug-likeness (QED) is 0.411. The van der Waals surface area contributed by atoms with Crippen LogP contribution < -0.4 is 10.2 Å². The van der Waals surface area contributed by atoms with Crippen molar-refractivity contribution in [3.63, 3.8) is 0 Å². The Morgan fingerprint density at radius 2 is 1.76 bits per heavy atom. The highest BCUT2D eigenvalue weighted by atomic mass is 32.2. The van der Waals surface area contributed by atoms with Crippen molar-refractivity contribution in [1.82, 2.24) is 20.1 Å². The molecule has 152 valence electrons. The number of hydrogen-bond acceptors (Lipinski definition) is 5. The second-order valence-electron chi connectivity index (χ2n) is 6.85. The standard InChI is InChI=1S/C22H27N5OS/c1-18-24-25-22(27(18)16-19-10-5-3-6-11-19)29-17-21(28)23-14-9-15-26(2)20-12-7-4-8-13-20/h3-8,10-13H,9,14-17H2,1-2H3,(H,23,28). The van der Waals surface area contributed by atoms with Crippen LogP contribution in [-0.2, 0) is 11.3 Å². The van der Waals surface area contributed by atoms with Gasteiger partial charge in [-0.15, -0.1) is 10.2 Å². The van der Waals surface area contributed by atoms with Gasteiger partial charge in [0.1, 0.15) is 5.82 Å². The topological polar surface area (TPSA) is 63.1 Å². The first kappa shape index (κ1) is 20.9. The molecule has 0 unspecified atom stereocenters. The van der Waals surface area contributed by atoms with Crippen LogP contribution in [0.5, 0.6) is 0 Å². The number of nitrogens with one attached hydrogen (secondary N) is 1. The summed E-state index contributed by atoms with van der Waals surface area (Å²) < 4.78 is 2.04. The van der Waals surface area contributed by atoms with E-state index in [4.69, 9.17) is 0 Å². The van der Waals surface area contributed by atoms with Crippen LogP contribution >= 0.6 is 11.8 Å². The van der Waals surface area contributed by atoms with E-state index in [1.165, 1.54) is 23.0 Å². The number of carbonyl (C=O) groups excluding carboxylic acids is 1. The van der Waals surface area contributed by atoms with Gasteiger partial charge in [0.25, 0.3) is 0 Å². The minimum Gasteiger partial charge on any atom is -0.375 e. The van der Waals surface area contributed by atoms with Gasteiger partial charge in [0, 0.05) is 25.8 Å². The van der Waals surface area contributed by atoms with Crippen molar-refractivity contribution >= 4 is 23.4 Å². The van der Waals surface area contributed by atoms with Gasteiger partial charge in [-0.3, -0.25) is 4.79 Å². The zero-order valence-electron chi connectivity index (χ0n) is 16.9. The molecule has 29 heavy (non-hydrogen) atoms. The number of aromatic nitrogens is 3. The lowest BCUT2D eigenvalue weighted by Gasteiger charge is -2.19. The molecule has 2 aromatic carbocycles. The number of benzene rings is 2. The summed E-state index contributed by atoms with van der Waals surface area (Å²) in [5.74, 6) is 1.20. The van der Waals surface area contributed by atoms with E-state index in [2.05, 4.69) is 51.7 Å². The molecule has 1 amide bonds. The molecular formula is C22H27N5OS. The van der Waals surface area contributed by atoms with Crippen LogP contribution in [0.15, 0.2) is 65.8 Å². The third-order valence-electron chi connectivity index (χ3n) is 4.61. The molecular weight excluding hydrogens is 382 g/mol. The van der Waals surface area contributed by atoms with Crippen molar-refractivity contribution in [2.75, 3.05) is 30.8 Å². The minimum absolute atomic E-state index is 0.0179. The first-order valence-corrected chi connectivity index (χ1v) is 10.7. The lowest BCUT2D eigenvalue weighted by Crippen LogP contribution is -2.29. The van der Waals surface area contributed by atoms with E-state index in [9.17, 15) is 4.79 Å². The van der Waals surface area contributed by atoms with Gasteiger partial charge >= 0.3 is 0 Å². The van der Waals surface area contributed by atoms with Crippen LogP contribution in [0.4, 0.5) is 5.69 Å². The Morgan fingerprint density at radius 1 is 1.07 bits per heavy atom. The summed E-state index contributed by atoms with van der Waals surface area (Å²) in [7, 11) is 2.06. The molecule has 3 rings (SSSR count). The van der Waals surface area contributed by atoms with Crippen molar-refractivity contribution in [1.29, 1.82) is 0 Å². The Morgan fingerprint density at radius 3 is 2.48 bits per heavy atom. The van der Waals surface area contributed by atoms with Gasteiger partial charge in [-0.2, -0.15) is 0 Å². The molecule has 0 saturated heterocycles. The monoisotopic (exact) mass is 409 g/mol. The van der Waals surface area contributed by atoms with Gasteiger partial charge in [-0.1, -0.05) is 60.3 Å². The third kappa shape index (κ3) is 6.35. The van der Waals surface area contributed by atoms with E-state index in [0.717, 1.165) is 23.9 Å². The zero-order chi connectivity index (χ0) is 20.5. The second-order valence-corrected chi connectivity index (χ2v) is 7.79. The molecule has 0 aliphatic heterocycles. The molecule has 6 nitrogen and oxygen atoms in total. The summed E-state index contributed by atoms with van der Waals surface area (Å²) in [4.78, 5) is 14.4. The van der Waals surface area contributed by atoms with E-state index in [1.807, 2.05) is 47.9 Å². The summed E-state index contributed by atoms with van der Waals surface area (Å²) in [6.07, 6.45) is 0.894. The molecule has 0 spiro atoms. The molecule has 1 aromatic heterocycles. The minimum atomic E-state index is 0.0179. The predicted molar refractivity (Wildman–Crippen MR) is 118 cm³/mol. The molecule has 0 saturated carbocycles. The molecule has 0 bridgehead atoms. The normalized spacial score (nSPS) is 10.7. The number of carbonyl (C=O) groups is 1. The molecule has 1 N–H and O–H groups in total. The maximum Gasteiger partial charge on any atom is 0.230 e. The van der Waals surface area contributed by atoms with Gasteiger partial charge in [0.05, 0.1) is 12.3 Å². The number of para-hydroxylation sites is 1. The molecule has 0 fully saturated rings. The van der Waals surface area contributed by atoms with Crippen LogP contribution in [0.1, 0.15) is 17.8 Å². The maximum atomic E-state index is 12.2. The SMILES string of the molecule is Cc1nnc(SCC(=O)NCCCN(C)c2ccccc2)n1Cc1ccccc1. The van der Waals surface area contributed by atoms with E-state index in [0.29, 0.717) is 18.8 Å². The van der Waals surface area contributed by atoms with E-state index < -0.39 is 0 Å². The zero-order valence-corrected chi connectivity index (χ0v) is 17.7. The molecule has 0 radical (unpaired) electrons. The molecule has 0 atom stereocenters. The third-order valence-corrected chi connectivity index (χ3v) is 5.57. The predicted octanol–water partition coefficient (Wildman–Crippen LogP) is 3.37. The number of thioether (sulfide) groups is 1. The van der Waals surface area contributed by atoms with E-state index in [-0.39, 0.29) is 5.91 Å². The van der Waals surface area contributed by atoms with Crippen molar-refractivity contribution in [3.05, 3.63) is 72.1 Å². The molecule has 1 heterocycles. The summed E-state index contributed by atoms with van der Waals surface area (Å²) >= 11 is 1.42. The second kappa shape index (κ2) is 10.7. The fraction of sp³-hybridized carbons (Fsp3) is 0.318. The largest absolute Gasteiger partial charge is 0.375 e. The maximum absolute atomic E-state index is 12.2. The van der Waals surface area contributed by atoms with Crippen LogP contribution in [0.2, 0.25) is 0 Å². The lowest BCUT2D eigenvalue weighted by molar-refractivity contribution is -0.118. The summed E-state index contributed by atoms with van der Waals surface area (Å²) in [6, 6.07) is 20.4. The smallest absolute Gasteiger partial charge is 0.230 e. The number of anilines is 1. The van der Waals surface area contributed by atoms with Gasteiger partial charge < -0.3 is 14.8 Å². The Hall–Kier alpha value is -2.80. The fourth-order valence-electron chi connectivity index (χ4n) is 2.95. The average Bonchev–Trinajstić information content (AvgIpc) is 3.10. The highest BCUT2D eigenvalue weighted by Gasteiger charge is 2.12. The van der Waals surface area contributed by atoms with Crippen molar-refractivity contribution < 1.29 is 4.79 Å². The summed E-state index contributed by atoms with van der Waals surface area (Å²) in [5, 5.41) is 12.2. The van der Waals surface area contributed by atoms with Crippen LogP contribution in [0.3, 0.4) is 0 Å². The van der Waals surface area contributed by atoms with Crippen molar-refractivity contribution in [3.8, 4) is 0 Å². The Balaban J connectivity index is 1.41. The Labute approximate surface area is 176 Å². The molecule has 0 aliphatic carbocycles. The first-order chi connectivity index (χ1) is 14.1. The van der Waals surface area contributed by atoms with Crippen molar-refractivity contribution in [2.45, 2.75) is 25.0 Å². The average molecular weight is 410 g/mol. The number of aryl methyl sites for hydroxylation is 1. The molecule has 3 aromatic rings. The Kier molecular flexibility index (Phi) is 7.69. The number of nitrogens with zero attached hydrogens (tertiary/aromatic N) is 4. The van der Waals surface area contributed by atoms with Crippen LogP contribution in [-0.4, -0.2) is 46.6 Å². The fourth-order valence-corrected chi connectivity index (χ4v) is 3.77. The summed E-state index contributed by atoms with van der Waals surface area (Å²) in [5.41, 5.74) is 2.37.